The molecule has 1 aliphatic carbocycles. The lowest BCUT2D eigenvalue weighted by atomic mass is 10.1. The van der Waals surface area contributed by atoms with E-state index in [0.717, 1.165) is 77.7 Å². The number of hydrogen-bond donors (Lipinski definition) is 1. The molecule has 0 amide bonds. The highest BCUT2D eigenvalue weighted by molar-refractivity contribution is 5.84. The van der Waals surface area contributed by atoms with E-state index in [1.807, 2.05) is 42.5 Å². The molecule has 0 atom stereocenters. The number of halogens is 1. The Hall–Kier alpha value is -4.14. The molecule has 6 rings (SSSR count). The third kappa shape index (κ3) is 5.07. The number of fused-ring (bicyclic) bond motifs is 2. The summed E-state index contributed by atoms with van der Waals surface area (Å²) in [6, 6.07) is 22.5. The third-order valence-electron chi connectivity index (χ3n) is 6.52. The van der Waals surface area contributed by atoms with Gasteiger partial charge in [0.1, 0.15) is 5.82 Å². The molecule has 7 nitrogen and oxygen atoms in total. The van der Waals surface area contributed by atoms with Crippen LogP contribution in [0.1, 0.15) is 0 Å². The Bertz CT molecular complexity index is 1550. The van der Waals surface area contributed by atoms with Gasteiger partial charge in [-0.3, -0.25) is 14.9 Å². The van der Waals surface area contributed by atoms with Crippen molar-refractivity contribution in [3.05, 3.63) is 96.4 Å². The minimum absolute atomic E-state index is 0.270. The summed E-state index contributed by atoms with van der Waals surface area (Å²) < 4.78 is 21.4. The Morgan fingerprint density at radius 2 is 1.81 bits per heavy atom. The zero-order valence-electron chi connectivity index (χ0n) is 20.3. The summed E-state index contributed by atoms with van der Waals surface area (Å²) in [4.78, 5) is 16.6. The molecule has 8 heteroatoms. The molecular formula is C29H27FN6O. The molecule has 186 valence electrons. The van der Waals surface area contributed by atoms with Gasteiger partial charge in [-0.25, -0.2) is 9.37 Å². The number of rotatable bonds is 6. The number of aromatic nitrogens is 3. The fourth-order valence-corrected chi connectivity index (χ4v) is 4.67. The van der Waals surface area contributed by atoms with Gasteiger partial charge in [0.25, 0.3) is 0 Å². The van der Waals surface area contributed by atoms with Crippen molar-refractivity contribution >= 4 is 22.4 Å². The number of pyridine rings is 1. The quantitative estimate of drug-likeness (QED) is 0.349. The van der Waals surface area contributed by atoms with E-state index in [9.17, 15) is 4.39 Å². The molecule has 0 radical (unpaired) electrons. The largest absolute Gasteiger partial charge is 0.379 e. The molecule has 0 bridgehead atoms. The van der Waals surface area contributed by atoms with Crippen LogP contribution in [0.5, 0.6) is 0 Å². The Morgan fingerprint density at radius 3 is 2.62 bits per heavy atom. The predicted octanol–water partition coefficient (Wildman–Crippen LogP) is 4.64. The molecule has 37 heavy (non-hydrogen) atoms. The average molecular weight is 495 g/mol. The monoisotopic (exact) mass is 494 g/mol. The molecule has 1 N–H and O–H groups in total. The van der Waals surface area contributed by atoms with Gasteiger partial charge < -0.3 is 14.6 Å². The summed E-state index contributed by atoms with van der Waals surface area (Å²) in [6.07, 6.45) is 3.53. The highest BCUT2D eigenvalue weighted by Gasteiger charge is 2.17. The molecule has 0 unspecified atom stereocenters. The normalized spacial score (nSPS) is 14.9. The molecular weight excluding hydrogens is 467 g/mol. The van der Waals surface area contributed by atoms with Gasteiger partial charge in [0.05, 0.1) is 65.1 Å². The summed E-state index contributed by atoms with van der Waals surface area (Å²) in [5, 5.41) is 4.31. The van der Waals surface area contributed by atoms with Crippen LogP contribution in [0.2, 0.25) is 0 Å². The third-order valence-corrected chi connectivity index (χ3v) is 6.52. The van der Waals surface area contributed by atoms with Gasteiger partial charge in [0.2, 0.25) is 0 Å². The summed E-state index contributed by atoms with van der Waals surface area (Å²) in [5.74, 6) is -0.270. The van der Waals surface area contributed by atoms with Crippen LogP contribution < -0.4 is 10.7 Å². The standard InChI is InChI=1S/C29H27FN6O/c30-21-7-9-23(10-8-21)36-28-6-2-1-5-24(28)34-27-18-26(33-22-4-3-11-31-20-22)25(19-29(27)36)32-12-13-35-14-16-37-17-15-35/h1-11,18-20,33H,12-17H2/b32-25+. The molecule has 2 aromatic carbocycles. The summed E-state index contributed by atoms with van der Waals surface area (Å²) in [6.45, 7) is 4.90. The molecule has 1 aromatic heterocycles. The number of morpholine rings is 1. The van der Waals surface area contributed by atoms with Crippen LogP contribution in [0.15, 0.2) is 90.2 Å². The molecule has 3 heterocycles. The maximum absolute atomic E-state index is 13.8. The molecule has 1 fully saturated rings. The Morgan fingerprint density at radius 1 is 0.973 bits per heavy atom. The van der Waals surface area contributed by atoms with Gasteiger partial charge in [0.15, 0.2) is 0 Å². The van der Waals surface area contributed by atoms with Crippen molar-refractivity contribution in [3.8, 4) is 17.1 Å². The zero-order valence-corrected chi connectivity index (χ0v) is 20.3. The van der Waals surface area contributed by atoms with Crippen LogP contribution in [0.4, 0.5) is 15.8 Å². The van der Waals surface area contributed by atoms with Gasteiger partial charge in [-0.1, -0.05) is 12.1 Å². The van der Waals surface area contributed by atoms with Crippen molar-refractivity contribution in [2.24, 2.45) is 4.99 Å². The van der Waals surface area contributed by atoms with Crippen molar-refractivity contribution in [1.82, 2.24) is 19.4 Å². The number of para-hydroxylation sites is 2. The average Bonchev–Trinajstić information content (AvgIpc) is 2.94. The smallest absolute Gasteiger partial charge is 0.123 e. The van der Waals surface area contributed by atoms with Gasteiger partial charge >= 0.3 is 0 Å². The van der Waals surface area contributed by atoms with Crippen LogP contribution in [-0.4, -0.2) is 58.8 Å². The Balaban J connectivity index is 1.52. The number of nitrogens with zero attached hydrogens (tertiary/aromatic N) is 5. The Labute approximate surface area is 214 Å². The first kappa shape index (κ1) is 23.3. The first-order valence-electron chi connectivity index (χ1n) is 12.4. The number of anilines is 2. The lowest BCUT2D eigenvalue weighted by Gasteiger charge is -2.25. The van der Waals surface area contributed by atoms with Crippen molar-refractivity contribution in [1.29, 1.82) is 0 Å². The maximum Gasteiger partial charge on any atom is 0.123 e. The topological polar surface area (TPSA) is 67.6 Å². The number of benzene rings is 3. The minimum Gasteiger partial charge on any atom is -0.379 e. The fourth-order valence-electron chi connectivity index (χ4n) is 4.67. The second-order valence-corrected chi connectivity index (χ2v) is 8.97. The first-order chi connectivity index (χ1) is 18.2. The van der Waals surface area contributed by atoms with E-state index in [4.69, 9.17) is 14.7 Å². The summed E-state index contributed by atoms with van der Waals surface area (Å²) in [7, 11) is 0. The van der Waals surface area contributed by atoms with E-state index >= 15 is 0 Å². The lowest BCUT2D eigenvalue weighted by Crippen LogP contribution is -2.38. The summed E-state index contributed by atoms with van der Waals surface area (Å²) >= 11 is 0. The molecule has 0 saturated carbocycles. The van der Waals surface area contributed by atoms with E-state index < -0.39 is 0 Å². The van der Waals surface area contributed by atoms with E-state index in [1.165, 1.54) is 12.1 Å². The van der Waals surface area contributed by atoms with Gasteiger partial charge in [-0.2, -0.15) is 0 Å². The summed E-state index contributed by atoms with van der Waals surface area (Å²) in [5.41, 5.74) is 6.08. The Kier molecular flexibility index (Phi) is 6.58. The molecule has 1 saturated heterocycles. The minimum atomic E-state index is -0.270. The lowest BCUT2D eigenvalue weighted by molar-refractivity contribution is 0.0394. The van der Waals surface area contributed by atoms with Gasteiger partial charge in [0, 0.05) is 31.5 Å². The zero-order chi connectivity index (χ0) is 25.0. The highest BCUT2D eigenvalue weighted by Crippen LogP contribution is 2.30. The van der Waals surface area contributed by atoms with Crippen molar-refractivity contribution < 1.29 is 9.13 Å². The maximum atomic E-state index is 13.8. The van der Waals surface area contributed by atoms with Crippen LogP contribution in [0.3, 0.4) is 0 Å². The fraction of sp³-hybridized carbons (Fsp3) is 0.207. The predicted molar refractivity (Wildman–Crippen MR) is 143 cm³/mol. The molecule has 3 aromatic rings. The van der Waals surface area contributed by atoms with Crippen molar-refractivity contribution in [2.75, 3.05) is 44.7 Å². The van der Waals surface area contributed by atoms with Crippen molar-refractivity contribution in [2.45, 2.75) is 0 Å². The number of ether oxygens (including phenoxy) is 1. The first-order valence-corrected chi connectivity index (χ1v) is 12.4. The SMILES string of the molecule is Fc1ccc(-n2c3c/c(=N\CCN4CCOCC4)c(Nc4cccnc4)cc-3nc3ccccc32)cc1. The molecule has 3 aliphatic rings. The van der Waals surface area contributed by atoms with E-state index in [0.29, 0.717) is 6.54 Å². The van der Waals surface area contributed by atoms with Crippen molar-refractivity contribution in [3.63, 3.8) is 0 Å². The van der Waals surface area contributed by atoms with Crippen LogP contribution in [-0.2, 0) is 4.74 Å². The van der Waals surface area contributed by atoms with E-state index in [2.05, 4.69) is 25.8 Å². The second-order valence-electron chi connectivity index (χ2n) is 8.97. The van der Waals surface area contributed by atoms with Crippen LogP contribution in [0.25, 0.3) is 28.1 Å². The van der Waals surface area contributed by atoms with Crippen LogP contribution in [0, 0.1) is 5.82 Å². The second kappa shape index (κ2) is 10.5. The van der Waals surface area contributed by atoms with Crippen LogP contribution >= 0.6 is 0 Å². The molecule has 2 aliphatic heterocycles. The van der Waals surface area contributed by atoms with E-state index in [1.54, 1.807) is 24.5 Å². The number of nitrogens with one attached hydrogen (secondary N) is 1. The number of hydrogen-bond acceptors (Lipinski definition) is 6. The highest BCUT2D eigenvalue weighted by atomic mass is 19.1. The van der Waals surface area contributed by atoms with E-state index in [-0.39, 0.29) is 5.82 Å². The molecule has 0 spiro atoms. The van der Waals surface area contributed by atoms with Gasteiger partial charge in [-0.15, -0.1) is 0 Å². The van der Waals surface area contributed by atoms with Gasteiger partial charge in [-0.05, 0) is 60.7 Å².